The van der Waals surface area contributed by atoms with E-state index in [4.69, 9.17) is 4.74 Å². The van der Waals surface area contributed by atoms with Gasteiger partial charge >= 0.3 is 0 Å². The number of hydrogen-bond donors (Lipinski definition) is 0. The van der Waals surface area contributed by atoms with Gasteiger partial charge in [0.2, 0.25) is 5.78 Å². The van der Waals surface area contributed by atoms with E-state index in [9.17, 15) is 9.18 Å². The topological polar surface area (TPSA) is 46.3 Å². The van der Waals surface area contributed by atoms with Gasteiger partial charge in [-0.1, -0.05) is 6.07 Å². The molecule has 0 spiro atoms. The number of hydrogen-bond acceptors (Lipinski definition) is 4. The standard InChI is InChI=1S/C21H20FN3O2/c1-15-18(14-23-24-10-12-27-13-11-24)19-4-2-3-9-25(19)20(15)21(26)16-5-7-17(22)8-6-16/h2-9,14H,10-13H2,1H3/b23-14-. The number of benzene rings is 1. The maximum Gasteiger partial charge on any atom is 0.210 e. The average molecular weight is 365 g/mol. The number of ether oxygens (including phenoxy) is 1. The predicted molar refractivity (Wildman–Crippen MR) is 102 cm³/mol. The summed E-state index contributed by atoms with van der Waals surface area (Å²) < 4.78 is 20.4. The summed E-state index contributed by atoms with van der Waals surface area (Å²) in [5, 5.41) is 6.54. The van der Waals surface area contributed by atoms with Crippen LogP contribution in [0.15, 0.2) is 53.8 Å². The molecule has 0 aliphatic carbocycles. The maximum absolute atomic E-state index is 13.2. The lowest BCUT2D eigenvalue weighted by Gasteiger charge is -2.23. The molecule has 6 heteroatoms. The second-order valence-electron chi connectivity index (χ2n) is 6.49. The van der Waals surface area contributed by atoms with Gasteiger partial charge in [0.05, 0.1) is 43.7 Å². The zero-order chi connectivity index (χ0) is 18.8. The van der Waals surface area contributed by atoms with Crippen LogP contribution in [0.4, 0.5) is 4.39 Å². The Kier molecular flexibility index (Phi) is 4.73. The molecule has 0 saturated carbocycles. The third-order valence-electron chi connectivity index (χ3n) is 4.80. The fourth-order valence-corrected chi connectivity index (χ4v) is 3.35. The Morgan fingerprint density at radius 2 is 1.89 bits per heavy atom. The molecule has 0 atom stereocenters. The van der Waals surface area contributed by atoms with Crippen molar-refractivity contribution in [2.45, 2.75) is 6.92 Å². The van der Waals surface area contributed by atoms with Crippen LogP contribution in [0, 0.1) is 12.7 Å². The largest absolute Gasteiger partial charge is 0.378 e. The molecule has 0 amide bonds. The molecule has 0 bridgehead atoms. The molecule has 4 rings (SSSR count). The van der Waals surface area contributed by atoms with E-state index in [-0.39, 0.29) is 11.6 Å². The summed E-state index contributed by atoms with van der Waals surface area (Å²) in [6.07, 6.45) is 3.68. The van der Waals surface area contributed by atoms with Gasteiger partial charge in [0.1, 0.15) is 5.82 Å². The molecule has 2 aromatic heterocycles. The number of hydrazone groups is 1. The molecule has 0 radical (unpaired) electrons. The predicted octanol–water partition coefficient (Wildman–Crippen LogP) is 3.28. The SMILES string of the molecule is Cc1c(/C=N\N2CCOCC2)c2ccccn2c1C(=O)c1ccc(F)cc1. The molecule has 138 valence electrons. The van der Waals surface area contributed by atoms with Gasteiger partial charge in [-0.2, -0.15) is 5.10 Å². The molecular formula is C21H20FN3O2. The summed E-state index contributed by atoms with van der Waals surface area (Å²) in [6, 6.07) is 11.4. The Balaban J connectivity index is 1.77. The molecule has 1 aliphatic rings. The van der Waals surface area contributed by atoms with Crippen molar-refractivity contribution in [3.63, 3.8) is 0 Å². The van der Waals surface area contributed by atoms with Crippen LogP contribution in [0.2, 0.25) is 0 Å². The van der Waals surface area contributed by atoms with E-state index in [1.165, 1.54) is 24.3 Å². The second-order valence-corrected chi connectivity index (χ2v) is 6.49. The zero-order valence-electron chi connectivity index (χ0n) is 15.1. The highest BCUT2D eigenvalue weighted by Gasteiger charge is 2.21. The van der Waals surface area contributed by atoms with Crippen molar-refractivity contribution in [2.24, 2.45) is 5.10 Å². The van der Waals surface area contributed by atoms with Gasteiger partial charge in [-0.3, -0.25) is 9.80 Å². The van der Waals surface area contributed by atoms with Crippen molar-refractivity contribution in [2.75, 3.05) is 26.3 Å². The fraction of sp³-hybridized carbons (Fsp3) is 0.238. The molecule has 0 unspecified atom stereocenters. The highest BCUT2D eigenvalue weighted by atomic mass is 19.1. The van der Waals surface area contributed by atoms with Gasteiger partial charge in [-0.25, -0.2) is 4.39 Å². The van der Waals surface area contributed by atoms with Gasteiger partial charge in [0.25, 0.3) is 0 Å². The third-order valence-corrected chi connectivity index (χ3v) is 4.80. The first-order valence-corrected chi connectivity index (χ1v) is 8.92. The minimum atomic E-state index is -0.360. The number of nitrogens with zero attached hydrogens (tertiary/aromatic N) is 3. The molecule has 1 aliphatic heterocycles. The summed E-state index contributed by atoms with van der Waals surface area (Å²) in [6.45, 7) is 4.76. The molecule has 3 heterocycles. The van der Waals surface area contributed by atoms with E-state index < -0.39 is 0 Å². The molecule has 0 N–H and O–H groups in total. The lowest BCUT2D eigenvalue weighted by atomic mass is 10.0. The highest BCUT2D eigenvalue weighted by Crippen LogP contribution is 2.24. The summed E-state index contributed by atoms with van der Waals surface area (Å²) >= 11 is 0. The van der Waals surface area contributed by atoms with Crippen LogP contribution < -0.4 is 0 Å². The van der Waals surface area contributed by atoms with Crippen molar-refractivity contribution in [1.82, 2.24) is 9.41 Å². The average Bonchev–Trinajstić information content (AvgIpc) is 2.98. The van der Waals surface area contributed by atoms with E-state index in [1.807, 2.05) is 46.9 Å². The number of morpholine rings is 1. The van der Waals surface area contributed by atoms with Gasteiger partial charge in [-0.15, -0.1) is 0 Å². The van der Waals surface area contributed by atoms with Crippen LogP contribution in [0.3, 0.4) is 0 Å². The normalized spacial score (nSPS) is 15.0. The Morgan fingerprint density at radius 1 is 1.15 bits per heavy atom. The zero-order valence-corrected chi connectivity index (χ0v) is 15.1. The fourth-order valence-electron chi connectivity index (χ4n) is 3.35. The van der Waals surface area contributed by atoms with Crippen molar-refractivity contribution >= 4 is 17.5 Å². The number of ketones is 1. The van der Waals surface area contributed by atoms with Crippen LogP contribution in [-0.4, -0.2) is 47.7 Å². The first kappa shape index (κ1) is 17.4. The van der Waals surface area contributed by atoms with Crippen LogP contribution in [0.1, 0.15) is 27.2 Å². The van der Waals surface area contributed by atoms with Gasteiger partial charge in [-0.05, 0) is 48.9 Å². The number of carbonyl (C=O) groups is 1. The van der Waals surface area contributed by atoms with Gasteiger partial charge in [0.15, 0.2) is 0 Å². The van der Waals surface area contributed by atoms with Crippen molar-refractivity contribution in [1.29, 1.82) is 0 Å². The smallest absolute Gasteiger partial charge is 0.210 e. The lowest BCUT2D eigenvalue weighted by Crippen LogP contribution is -2.32. The van der Waals surface area contributed by atoms with Crippen LogP contribution >= 0.6 is 0 Å². The number of halogens is 1. The maximum atomic E-state index is 13.2. The number of rotatable bonds is 4. The van der Waals surface area contributed by atoms with Gasteiger partial charge < -0.3 is 9.14 Å². The van der Waals surface area contributed by atoms with Crippen LogP contribution in [0.25, 0.3) is 5.52 Å². The Labute approximate surface area is 156 Å². The number of fused-ring (bicyclic) bond motifs is 1. The monoisotopic (exact) mass is 365 g/mol. The van der Waals surface area contributed by atoms with E-state index in [1.54, 1.807) is 0 Å². The van der Waals surface area contributed by atoms with E-state index in [2.05, 4.69) is 5.10 Å². The number of pyridine rings is 1. The first-order chi connectivity index (χ1) is 13.1. The molecule has 1 fully saturated rings. The Hall–Kier alpha value is -2.99. The third kappa shape index (κ3) is 3.36. The van der Waals surface area contributed by atoms with Gasteiger partial charge in [0, 0.05) is 17.3 Å². The Morgan fingerprint density at radius 3 is 2.63 bits per heavy atom. The summed E-state index contributed by atoms with van der Waals surface area (Å²) in [7, 11) is 0. The van der Waals surface area contributed by atoms with E-state index >= 15 is 0 Å². The minimum Gasteiger partial charge on any atom is -0.378 e. The Bertz CT molecular complexity index is 1000. The summed E-state index contributed by atoms with van der Waals surface area (Å²) in [5.41, 5.74) is 3.71. The summed E-state index contributed by atoms with van der Waals surface area (Å²) in [4.78, 5) is 13.1. The molecule has 27 heavy (non-hydrogen) atoms. The molecule has 1 saturated heterocycles. The highest BCUT2D eigenvalue weighted by molar-refractivity contribution is 6.11. The number of aromatic nitrogens is 1. The van der Waals surface area contributed by atoms with Crippen LogP contribution in [-0.2, 0) is 4.74 Å². The molecule has 5 nitrogen and oxygen atoms in total. The first-order valence-electron chi connectivity index (χ1n) is 8.92. The lowest BCUT2D eigenvalue weighted by molar-refractivity contribution is 0.0397. The van der Waals surface area contributed by atoms with E-state index in [0.717, 1.165) is 29.7 Å². The number of carbonyl (C=O) groups excluding carboxylic acids is 1. The summed E-state index contributed by atoms with van der Waals surface area (Å²) in [5.74, 6) is -0.499. The quantitative estimate of drug-likeness (QED) is 0.527. The van der Waals surface area contributed by atoms with Crippen molar-refractivity contribution in [3.8, 4) is 0 Å². The van der Waals surface area contributed by atoms with Crippen molar-refractivity contribution in [3.05, 3.63) is 76.9 Å². The minimum absolute atomic E-state index is 0.139. The molecular weight excluding hydrogens is 345 g/mol. The van der Waals surface area contributed by atoms with Crippen LogP contribution in [0.5, 0.6) is 0 Å². The van der Waals surface area contributed by atoms with Crippen molar-refractivity contribution < 1.29 is 13.9 Å². The van der Waals surface area contributed by atoms with E-state index in [0.29, 0.717) is 24.5 Å². The molecule has 1 aromatic carbocycles. The molecule has 3 aromatic rings. The second kappa shape index (κ2) is 7.32.